The van der Waals surface area contributed by atoms with Gasteiger partial charge in [-0.1, -0.05) is 19.9 Å². The van der Waals surface area contributed by atoms with Gasteiger partial charge >= 0.3 is 0 Å². The summed E-state index contributed by atoms with van der Waals surface area (Å²) in [7, 11) is 0. The molecule has 1 atom stereocenters. The third-order valence-electron chi connectivity index (χ3n) is 3.31. The van der Waals surface area contributed by atoms with Crippen molar-refractivity contribution < 1.29 is 9.47 Å². The molecule has 0 bridgehead atoms. The van der Waals surface area contributed by atoms with Crippen molar-refractivity contribution in [1.82, 2.24) is 0 Å². The van der Waals surface area contributed by atoms with E-state index in [2.05, 4.69) is 26.0 Å². The van der Waals surface area contributed by atoms with Gasteiger partial charge in [0.2, 0.25) is 0 Å². The quantitative estimate of drug-likeness (QED) is 0.872. The highest BCUT2D eigenvalue weighted by Gasteiger charge is 2.17. The van der Waals surface area contributed by atoms with Crippen molar-refractivity contribution in [2.75, 3.05) is 19.8 Å². The first-order chi connectivity index (χ1) is 8.70. The molecule has 0 fully saturated rings. The van der Waals surface area contributed by atoms with Gasteiger partial charge in [-0.3, -0.25) is 0 Å². The van der Waals surface area contributed by atoms with Gasteiger partial charge in [0.15, 0.2) is 11.5 Å². The van der Waals surface area contributed by atoms with Gasteiger partial charge in [0.05, 0.1) is 0 Å². The fourth-order valence-corrected chi connectivity index (χ4v) is 2.50. The van der Waals surface area contributed by atoms with Crippen molar-refractivity contribution in [2.24, 2.45) is 11.7 Å². The molecule has 0 radical (unpaired) electrons. The molecule has 2 N–H and O–H groups in total. The molecule has 0 aromatic heterocycles. The van der Waals surface area contributed by atoms with Crippen molar-refractivity contribution in [3.63, 3.8) is 0 Å². The van der Waals surface area contributed by atoms with Crippen molar-refractivity contribution in [3.8, 4) is 11.5 Å². The number of fused-ring (bicyclic) bond motifs is 1. The normalized spacial score (nSPS) is 15.8. The Hall–Kier alpha value is -1.22. The van der Waals surface area contributed by atoms with E-state index in [4.69, 9.17) is 15.2 Å². The monoisotopic (exact) mass is 249 g/mol. The van der Waals surface area contributed by atoms with E-state index in [1.54, 1.807) is 0 Å². The highest BCUT2D eigenvalue weighted by Crippen LogP contribution is 2.35. The Morgan fingerprint density at radius 2 is 1.89 bits per heavy atom. The highest BCUT2D eigenvalue weighted by atomic mass is 16.6. The highest BCUT2D eigenvalue weighted by molar-refractivity contribution is 5.44. The summed E-state index contributed by atoms with van der Waals surface area (Å²) < 4.78 is 11.2. The van der Waals surface area contributed by atoms with Gasteiger partial charge in [-0.15, -0.1) is 0 Å². The van der Waals surface area contributed by atoms with E-state index >= 15 is 0 Å². The third kappa shape index (κ3) is 3.16. The molecule has 0 saturated heterocycles. The third-order valence-corrected chi connectivity index (χ3v) is 3.31. The van der Waals surface area contributed by atoms with E-state index in [-0.39, 0.29) is 0 Å². The number of hydrogen-bond donors (Lipinski definition) is 1. The second kappa shape index (κ2) is 6.10. The van der Waals surface area contributed by atoms with Gasteiger partial charge in [0.25, 0.3) is 0 Å². The van der Waals surface area contributed by atoms with E-state index in [0.29, 0.717) is 25.0 Å². The Labute approximate surface area is 109 Å². The molecule has 3 heteroatoms. The van der Waals surface area contributed by atoms with Crippen LogP contribution in [0.15, 0.2) is 18.2 Å². The lowest BCUT2D eigenvalue weighted by Crippen LogP contribution is -2.16. The van der Waals surface area contributed by atoms with Crippen LogP contribution in [0, 0.1) is 5.92 Å². The van der Waals surface area contributed by atoms with E-state index in [0.717, 1.165) is 30.9 Å². The Morgan fingerprint density at radius 3 is 2.56 bits per heavy atom. The molecule has 1 aromatic rings. The van der Waals surface area contributed by atoms with Crippen LogP contribution in [0.2, 0.25) is 0 Å². The maximum absolute atomic E-state index is 5.72. The number of nitrogens with two attached hydrogens (primary N) is 1. The molecule has 1 aliphatic heterocycles. The van der Waals surface area contributed by atoms with Crippen LogP contribution in [-0.2, 0) is 0 Å². The van der Waals surface area contributed by atoms with Crippen LogP contribution in [-0.4, -0.2) is 19.8 Å². The number of hydrogen-bond acceptors (Lipinski definition) is 3. The first-order valence-electron chi connectivity index (χ1n) is 6.80. The van der Waals surface area contributed by atoms with Crippen molar-refractivity contribution in [1.29, 1.82) is 0 Å². The predicted molar refractivity (Wildman–Crippen MR) is 73.3 cm³/mol. The fourth-order valence-electron chi connectivity index (χ4n) is 2.50. The van der Waals surface area contributed by atoms with Gasteiger partial charge in [0, 0.05) is 0 Å². The lowest BCUT2D eigenvalue weighted by Gasteiger charge is -2.23. The largest absolute Gasteiger partial charge is 0.486 e. The number of benzene rings is 1. The first kappa shape index (κ1) is 13.2. The summed E-state index contributed by atoms with van der Waals surface area (Å²) in [5, 5.41) is 0. The molecule has 100 valence electrons. The molecule has 0 aliphatic carbocycles. The van der Waals surface area contributed by atoms with Gasteiger partial charge in [-0.05, 0) is 48.9 Å². The fraction of sp³-hybridized carbons (Fsp3) is 0.600. The molecular formula is C15H23NO2. The van der Waals surface area contributed by atoms with E-state index < -0.39 is 0 Å². The maximum atomic E-state index is 5.72. The first-order valence-corrected chi connectivity index (χ1v) is 6.80. The molecule has 3 nitrogen and oxygen atoms in total. The van der Waals surface area contributed by atoms with E-state index in [9.17, 15) is 0 Å². The van der Waals surface area contributed by atoms with Crippen molar-refractivity contribution in [2.45, 2.75) is 32.6 Å². The van der Waals surface area contributed by atoms with Crippen LogP contribution in [0.25, 0.3) is 0 Å². The molecular weight excluding hydrogens is 226 g/mol. The van der Waals surface area contributed by atoms with E-state index in [1.165, 1.54) is 5.56 Å². The summed E-state index contributed by atoms with van der Waals surface area (Å²) in [5.74, 6) is 2.94. The van der Waals surface area contributed by atoms with Gasteiger partial charge in [0.1, 0.15) is 13.2 Å². The molecule has 1 heterocycles. The maximum Gasteiger partial charge on any atom is 0.161 e. The lowest BCUT2D eigenvalue weighted by atomic mass is 9.87. The predicted octanol–water partition coefficient (Wildman–Crippen LogP) is 2.94. The molecule has 1 unspecified atom stereocenters. The van der Waals surface area contributed by atoms with Crippen molar-refractivity contribution in [3.05, 3.63) is 23.8 Å². The van der Waals surface area contributed by atoms with E-state index in [1.807, 2.05) is 6.07 Å². The van der Waals surface area contributed by atoms with Gasteiger partial charge in [-0.25, -0.2) is 0 Å². The average Bonchev–Trinajstić information content (AvgIpc) is 2.37. The molecule has 2 rings (SSSR count). The molecule has 0 saturated carbocycles. The van der Waals surface area contributed by atoms with Gasteiger partial charge in [-0.2, -0.15) is 0 Å². The number of rotatable bonds is 5. The molecule has 0 amide bonds. The topological polar surface area (TPSA) is 44.5 Å². The Kier molecular flexibility index (Phi) is 4.48. The minimum absolute atomic E-state index is 0.519. The minimum atomic E-state index is 0.519. The summed E-state index contributed by atoms with van der Waals surface area (Å²) in [6, 6.07) is 6.29. The zero-order valence-electron chi connectivity index (χ0n) is 11.3. The van der Waals surface area contributed by atoms with Crippen LogP contribution < -0.4 is 15.2 Å². The lowest BCUT2D eigenvalue weighted by molar-refractivity contribution is 0.171. The summed E-state index contributed by atoms with van der Waals surface area (Å²) in [6.45, 7) is 6.52. The molecule has 1 aromatic carbocycles. The molecule has 0 spiro atoms. The SMILES string of the molecule is CC(C)CC(CCN)c1ccc2c(c1)OCCO2. The molecule has 1 aliphatic rings. The van der Waals surface area contributed by atoms with Crippen LogP contribution in [0.4, 0.5) is 0 Å². The average molecular weight is 249 g/mol. The van der Waals surface area contributed by atoms with Crippen LogP contribution in [0.5, 0.6) is 11.5 Å². The summed E-state index contributed by atoms with van der Waals surface area (Å²) in [6.07, 6.45) is 2.19. The Bertz CT molecular complexity index is 390. The minimum Gasteiger partial charge on any atom is -0.486 e. The summed E-state index contributed by atoms with van der Waals surface area (Å²) >= 11 is 0. The van der Waals surface area contributed by atoms with Crippen molar-refractivity contribution >= 4 is 0 Å². The zero-order valence-corrected chi connectivity index (χ0v) is 11.3. The second-order valence-electron chi connectivity index (χ2n) is 5.31. The molecule has 18 heavy (non-hydrogen) atoms. The second-order valence-corrected chi connectivity index (χ2v) is 5.31. The standard InChI is InChI=1S/C15H23NO2/c1-11(2)9-13(5-6-16)12-3-4-14-15(10-12)18-8-7-17-14/h3-4,10-11,13H,5-9,16H2,1-2H3. The Morgan fingerprint density at radius 1 is 1.17 bits per heavy atom. The summed E-state index contributed by atoms with van der Waals surface area (Å²) in [5.41, 5.74) is 7.04. The van der Waals surface area contributed by atoms with Crippen LogP contribution >= 0.6 is 0 Å². The zero-order chi connectivity index (χ0) is 13.0. The van der Waals surface area contributed by atoms with Gasteiger partial charge < -0.3 is 15.2 Å². The van der Waals surface area contributed by atoms with Crippen LogP contribution in [0.1, 0.15) is 38.2 Å². The smallest absolute Gasteiger partial charge is 0.161 e. The Balaban J connectivity index is 2.18. The summed E-state index contributed by atoms with van der Waals surface area (Å²) in [4.78, 5) is 0. The van der Waals surface area contributed by atoms with Crippen LogP contribution in [0.3, 0.4) is 0 Å². The number of ether oxygens (including phenoxy) is 2.